The number of carbonyl (C=O) groups excluding carboxylic acids is 1. The molecule has 2 aromatic rings. The Morgan fingerprint density at radius 3 is 2.48 bits per heavy atom. The third kappa shape index (κ3) is 5.00. The molecule has 21 heavy (non-hydrogen) atoms. The lowest BCUT2D eigenvalue weighted by Crippen LogP contribution is -2.33. The highest BCUT2D eigenvalue weighted by Crippen LogP contribution is 2.05. The number of aryl methyl sites for hydroxylation is 1. The van der Waals surface area contributed by atoms with Gasteiger partial charge in [-0.05, 0) is 18.6 Å². The predicted octanol–water partition coefficient (Wildman–Crippen LogP) is 2.54. The second-order valence-corrected chi connectivity index (χ2v) is 4.96. The molecule has 2 aromatic carbocycles. The molecule has 0 atom stereocenters. The van der Waals surface area contributed by atoms with Crippen molar-refractivity contribution >= 4 is 5.91 Å². The molecular weight excluding hydrogens is 267 g/mol. The summed E-state index contributed by atoms with van der Waals surface area (Å²) < 4.78 is 13.4. The van der Waals surface area contributed by atoms with Crippen molar-refractivity contribution in [3.8, 4) is 0 Å². The molecule has 2 rings (SSSR count). The van der Waals surface area contributed by atoms with Gasteiger partial charge in [-0.2, -0.15) is 0 Å². The maximum atomic E-state index is 13.4. The van der Waals surface area contributed by atoms with Crippen molar-refractivity contribution in [3.05, 3.63) is 71.0 Å². The molecule has 110 valence electrons. The van der Waals surface area contributed by atoms with Crippen LogP contribution in [0.3, 0.4) is 0 Å². The fourth-order valence-corrected chi connectivity index (χ4v) is 1.92. The first kappa shape index (κ1) is 15.2. The van der Waals surface area contributed by atoms with Crippen LogP contribution in [0.15, 0.2) is 48.5 Å². The van der Waals surface area contributed by atoms with E-state index in [1.165, 1.54) is 11.6 Å². The second-order valence-electron chi connectivity index (χ2n) is 4.96. The minimum absolute atomic E-state index is 0.105. The normalized spacial score (nSPS) is 10.4. The molecule has 1 amide bonds. The van der Waals surface area contributed by atoms with E-state index in [2.05, 4.69) is 10.6 Å². The van der Waals surface area contributed by atoms with E-state index in [1.54, 1.807) is 18.2 Å². The summed E-state index contributed by atoms with van der Waals surface area (Å²) in [6.07, 6.45) is 0. The summed E-state index contributed by atoms with van der Waals surface area (Å²) in [5, 5.41) is 5.76. The first-order valence-corrected chi connectivity index (χ1v) is 6.91. The van der Waals surface area contributed by atoms with Crippen LogP contribution in [0.2, 0.25) is 0 Å². The van der Waals surface area contributed by atoms with Crippen molar-refractivity contribution in [2.75, 3.05) is 6.54 Å². The van der Waals surface area contributed by atoms with Gasteiger partial charge in [0.05, 0.1) is 6.54 Å². The fourth-order valence-electron chi connectivity index (χ4n) is 1.92. The highest BCUT2D eigenvalue weighted by Gasteiger charge is 2.03. The van der Waals surface area contributed by atoms with Gasteiger partial charge in [0.1, 0.15) is 5.82 Å². The van der Waals surface area contributed by atoms with Gasteiger partial charge in [0, 0.05) is 18.7 Å². The lowest BCUT2D eigenvalue weighted by Gasteiger charge is -2.08. The number of nitrogens with one attached hydrogen (secondary N) is 2. The summed E-state index contributed by atoms with van der Waals surface area (Å²) in [7, 11) is 0. The molecule has 0 radical (unpaired) electrons. The number of halogens is 1. The average Bonchev–Trinajstić information content (AvgIpc) is 2.49. The number of amides is 1. The van der Waals surface area contributed by atoms with Crippen LogP contribution >= 0.6 is 0 Å². The van der Waals surface area contributed by atoms with Crippen molar-refractivity contribution in [3.63, 3.8) is 0 Å². The first-order chi connectivity index (χ1) is 10.1. The van der Waals surface area contributed by atoms with Gasteiger partial charge in [0.15, 0.2) is 0 Å². The highest BCUT2D eigenvalue weighted by atomic mass is 19.1. The van der Waals surface area contributed by atoms with Crippen molar-refractivity contribution in [1.82, 2.24) is 10.6 Å². The highest BCUT2D eigenvalue weighted by molar-refractivity contribution is 5.77. The van der Waals surface area contributed by atoms with E-state index in [-0.39, 0.29) is 18.3 Å². The van der Waals surface area contributed by atoms with Gasteiger partial charge in [-0.3, -0.25) is 4.79 Å². The number of benzene rings is 2. The molecule has 0 aliphatic heterocycles. The average molecular weight is 286 g/mol. The first-order valence-electron chi connectivity index (χ1n) is 6.91. The van der Waals surface area contributed by atoms with E-state index in [1.807, 2.05) is 31.2 Å². The molecule has 0 aliphatic carbocycles. The van der Waals surface area contributed by atoms with Crippen LogP contribution in [-0.2, 0) is 17.9 Å². The van der Waals surface area contributed by atoms with Crippen molar-refractivity contribution in [1.29, 1.82) is 0 Å². The minimum Gasteiger partial charge on any atom is -0.351 e. The third-order valence-electron chi connectivity index (χ3n) is 3.17. The standard InChI is InChI=1S/C17H19FN2O/c1-13-6-8-14(9-7-13)10-20-17(21)12-19-11-15-4-2-3-5-16(15)18/h2-9,19H,10-12H2,1H3,(H,20,21). The molecule has 0 spiro atoms. The lowest BCUT2D eigenvalue weighted by atomic mass is 10.1. The smallest absolute Gasteiger partial charge is 0.234 e. The summed E-state index contributed by atoms with van der Waals surface area (Å²) in [4.78, 5) is 11.7. The largest absolute Gasteiger partial charge is 0.351 e. The maximum Gasteiger partial charge on any atom is 0.234 e. The number of rotatable bonds is 6. The van der Waals surface area contributed by atoms with E-state index in [4.69, 9.17) is 0 Å². The molecule has 0 saturated heterocycles. The number of carbonyl (C=O) groups is 1. The van der Waals surface area contributed by atoms with Crippen LogP contribution in [0.1, 0.15) is 16.7 Å². The number of hydrogen-bond donors (Lipinski definition) is 2. The Labute approximate surface area is 124 Å². The van der Waals surface area contributed by atoms with E-state index in [0.29, 0.717) is 18.7 Å². The van der Waals surface area contributed by atoms with Gasteiger partial charge >= 0.3 is 0 Å². The van der Waals surface area contributed by atoms with E-state index >= 15 is 0 Å². The molecule has 4 heteroatoms. The Bertz CT molecular complexity index is 596. The van der Waals surface area contributed by atoms with Gasteiger partial charge in [0.25, 0.3) is 0 Å². The Morgan fingerprint density at radius 2 is 1.76 bits per heavy atom. The Morgan fingerprint density at radius 1 is 1.05 bits per heavy atom. The maximum absolute atomic E-state index is 13.4. The molecular formula is C17H19FN2O. The summed E-state index contributed by atoms with van der Waals surface area (Å²) in [6, 6.07) is 14.5. The van der Waals surface area contributed by atoms with Crippen LogP contribution in [-0.4, -0.2) is 12.5 Å². The van der Waals surface area contributed by atoms with Crippen LogP contribution in [0, 0.1) is 12.7 Å². The van der Waals surface area contributed by atoms with Gasteiger partial charge in [-0.1, -0.05) is 48.0 Å². The second kappa shape index (κ2) is 7.55. The molecule has 0 fully saturated rings. The molecule has 2 N–H and O–H groups in total. The summed E-state index contributed by atoms with van der Waals surface area (Å²) in [5.74, 6) is -0.364. The van der Waals surface area contributed by atoms with Gasteiger partial charge in [-0.15, -0.1) is 0 Å². The zero-order valence-electron chi connectivity index (χ0n) is 12.0. The Hall–Kier alpha value is -2.20. The van der Waals surface area contributed by atoms with Crippen LogP contribution in [0.5, 0.6) is 0 Å². The Balaban J connectivity index is 1.70. The summed E-state index contributed by atoms with van der Waals surface area (Å²) >= 11 is 0. The van der Waals surface area contributed by atoms with Crippen molar-refractivity contribution in [2.45, 2.75) is 20.0 Å². The number of hydrogen-bond acceptors (Lipinski definition) is 2. The molecule has 0 saturated carbocycles. The van der Waals surface area contributed by atoms with E-state index < -0.39 is 0 Å². The van der Waals surface area contributed by atoms with Crippen LogP contribution in [0.4, 0.5) is 4.39 Å². The Kier molecular flexibility index (Phi) is 5.46. The monoisotopic (exact) mass is 286 g/mol. The summed E-state index contributed by atoms with van der Waals surface area (Å²) in [6.45, 7) is 3.03. The predicted molar refractivity (Wildman–Crippen MR) is 81.1 cm³/mol. The third-order valence-corrected chi connectivity index (χ3v) is 3.17. The zero-order chi connectivity index (χ0) is 15.1. The van der Waals surface area contributed by atoms with Gasteiger partial charge < -0.3 is 10.6 Å². The van der Waals surface area contributed by atoms with Crippen molar-refractivity contribution in [2.24, 2.45) is 0 Å². The molecule has 0 heterocycles. The zero-order valence-corrected chi connectivity index (χ0v) is 12.0. The topological polar surface area (TPSA) is 41.1 Å². The molecule has 0 aliphatic rings. The molecule has 3 nitrogen and oxygen atoms in total. The van der Waals surface area contributed by atoms with Gasteiger partial charge in [-0.25, -0.2) is 4.39 Å². The van der Waals surface area contributed by atoms with Crippen LogP contribution < -0.4 is 10.6 Å². The van der Waals surface area contributed by atoms with Gasteiger partial charge in [0.2, 0.25) is 5.91 Å². The van der Waals surface area contributed by atoms with Crippen LogP contribution in [0.25, 0.3) is 0 Å². The molecule has 0 bridgehead atoms. The summed E-state index contributed by atoms with van der Waals surface area (Å²) in [5.41, 5.74) is 2.81. The fraction of sp³-hybridized carbons (Fsp3) is 0.235. The lowest BCUT2D eigenvalue weighted by molar-refractivity contribution is -0.120. The van der Waals surface area contributed by atoms with E-state index in [9.17, 15) is 9.18 Å². The van der Waals surface area contributed by atoms with Crippen molar-refractivity contribution < 1.29 is 9.18 Å². The minimum atomic E-state index is -0.259. The molecule has 0 aromatic heterocycles. The SMILES string of the molecule is Cc1ccc(CNC(=O)CNCc2ccccc2F)cc1. The molecule has 0 unspecified atom stereocenters. The quantitative estimate of drug-likeness (QED) is 0.857. The van der Waals surface area contributed by atoms with E-state index in [0.717, 1.165) is 5.56 Å².